The smallest absolute Gasteiger partial charge is 0.335 e. The van der Waals surface area contributed by atoms with Gasteiger partial charge in [0.05, 0.1) is 13.2 Å². The molecule has 0 aliphatic rings. The molecule has 36 heavy (non-hydrogen) atoms. The molecule has 1 heterocycles. The summed E-state index contributed by atoms with van der Waals surface area (Å²) in [5, 5.41) is 3.96. The normalized spacial score (nSPS) is 12.3. The average molecular weight is 500 g/mol. The number of aromatic nitrogens is 2. The SMILES string of the molecule is CCCONC(=COc1cccc(CC(OCC)C(=O)OCC)c1)c1nc(-c2ccc(F)cc2)no1. The van der Waals surface area contributed by atoms with Gasteiger partial charge in [0, 0.05) is 18.6 Å². The Labute approximate surface area is 209 Å². The number of esters is 1. The predicted octanol–water partition coefficient (Wildman–Crippen LogP) is 4.70. The van der Waals surface area contributed by atoms with E-state index in [0.717, 1.165) is 12.0 Å². The van der Waals surface area contributed by atoms with Gasteiger partial charge in [-0.15, -0.1) is 0 Å². The third-order valence-corrected chi connectivity index (χ3v) is 4.80. The highest BCUT2D eigenvalue weighted by Gasteiger charge is 2.21. The zero-order valence-corrected chi connectivity index (χ0v) is 20.5. The van der Waals surface area contributed by atoms with E-state index in [1.54, 1.807) is 31.2 Å². The topological polar surface area (TPSA) is 105 Å². The van der Waals surface area contributed by atoms with Crippen LogP contribution in [0, 0.1) is 5.82 Å². The van der Waals surface area contributed by atoms with Gasteiger partial charge in [0.1, 0.15) is 17.8 Å². The monoisotopic (exact) mass is 499 g/mol. The molecule has 0 fully saturated rings. The standard InChI is InChI=1S/C26H30FN3O6/c1-4-14-35-29-22(25-28-24(30-36-25)19-10-12-20(27)13-11-19)17-34-21-9-7-8-18(15-21)16-23(32-5-2)26(31)33-6-3/h7-13,15,17,23,29H,4-6,14,16H2,1-3H3. The van der Waals surface area contributed by atoms with E-state index in [9.17, 15) is 9.18 Å². The molecule has 3 aromatic rings. The molecule has 1 atom stereocenters. The van der Waals surface area contributed by atoms with Gasteiger partial charge in [-0.2, -0.15) is 4.98 Å². The van der Waals surface area contributed by atoms with Crippen LogP contribution in [0.5, 0.6) is 5.75 Å². The van der Waals surface area contributed by atoms with Crippen molar-refractivity contribution in [1.82, 2.24) is 15.6 Å². The number of nitrogens with zero attached hydrogens (tertiary/aromatic N) is 2. The van der Waals surface area contributed by atoms with E-state index in [0.29, 0.717) is 36.6 Å². The number of carbonyl (C=O) groups excluding carboxylic acids is 1. The number of hydroxylamine groups is 1. The fourth-order valence-electron chi connectivity index (χ4n) is 3.13. The molecule has 0 amide bonds. The van der Waals surface area contributed by atoms with Gasteiger partial charge in [-0.05, 0) is 62.2 Å². The molecule has 1 unspecified atom stereocenters. The molecular weight excluding hydrogens is 469 g/mol. The molecule has 1 N–H and O–H groups in total. The number of nitrogens with one attached hydrogen (secondary N) is 1. The van der Waals surface area contributed by atoms with E-state index in [1.165, 1.54) is 18.4 Å². The van der Waals surface area contributed by atoms with E-state index in [1.807, 2.05) is 26.0 Å². The average Bonchev–Trinajstić information content (AvgIpc) is 3.37. The van der Waals surface area contributed by atoms with Gasteiger partial charge < -0.3 is 18.7 Å². The van der Waals surface area contributed by atoms with Crippen molar-refractivity contribution in [1.29, 1.82) is 0 Å². The van der Waals surface area contributed by atoms with Crippen molar-refractivity contribution in [2.75, 3.05) is 19.8 Å². The van der Waals surface area contributed by atoms with Gasteiger partial charge in [0.25, 0.3) is 5.89 Å². The third-order valence-electron chi connectivity index (χ3n) is 4.80. The van der Waals surface area contributed by atoms with Gasteiger partial charge in [-0.1, -0.05) is 24.2 Å². The minimum absolute atomic E-state index is 0.125. The molecule has 0 aliphatic carbocycles. The van der Waals surface area contributed by atoms with E-state index in [-0.39, 0.29) is 24.1 Å². The summed E-state index contributed by atoms with van der Waals surface area (Å²) >= 11 is 0. The molecule has 0 spiro atoms. The quantitative estimate of drug-likeness (QED) is 0.146. The Kier molecular flexibility index (Phi) is 10.4. The summed E-state index contributed by atoms with van der Waals surface area (Å²) in [6.07, 6.45) is 1.81. The third kappa shape index (κ3) is 7.89. The van der Waals surface area contributed by atoms with Crippen LogP contribution in [0.25, 0.3) is 17.1 Å². The molecule has 3 rings (SSSR count). The van der Waals surface area contributed by atoms with Crippen molar-refractivity contribution in [3.63, 3.8) is 0 Å². The van der Waals surface area contributed by atoms with Crippen LogP contribution in [0.2, 0.25) is 0 Å². The Morgan fingerprint density at radius 3 is 2.67 bits per heavy atom. The van der Waals surface area contributed by atoms with Gasteiger partial charge >= 0.3 is 5.97 Å². The molecule has 0 radical (unpaired) electrons. The molecule has 0 saturated carbocycles. The second kappa shape index (κ2) is 14.0. The lowest BCUT2D eigenvalue weighted by molar-refractivity contribution is -0.156. The molecule has 0 aliphatic heterocycles. The van der Waals surface area contributed by atoms with Crippen molar-refractivity contribution >= 4 is 11.7 Å². The van der Waals surface area contributed by atoms with Crippen LogP contribution >= 0.6 is 0 Å². The summed E-state index contributed by atoms with van der Waals surface area (Å²) in [7, 11) is 0. The summed E-state index contributed by atoms with van der Waals surface area (Å²) in [5.41, 5.74) is 4.50. The Morgan fingerprint density at radius 2 is 1.94 bits per heavy atom. The van der Waals surface area contributed by atoms with E-state index in [2.05, 4.69) is 15.6 Å². The van der Waals surface area contributed by atoms with Crippen molar-refractivity contribution in [2.24, 2.45) is 0 Å². The predicted molar refractivity (Wildman–Crippen MR) is 130 cm³/mol. The number of carbonyl (C=O) groups is 1. The van der Waals surface area contributed by atoms with Crippen LogP contribution in [0.1, 0.15) is 38.6 Å². The first-order chi connectivity index (χ1) is 17.5. The van der Waals surface area contributed by atoms with Gasteiger partial charge in [-0.3, -0.25) is 10.3 Å². The maximum absolute atomic E-state index is 13.2. The number of halogens is 1. The number of rotatable bonds is 14. The summed E-state index contributed by atoms with van der Waals surface area (Å²) in [6, 6.07) is 13.0. The Hall–Kier alpha value is -3.76. The van der Waals surface area contributed by atoms with Crippen LogP contribution in [-0.2, 0) is 25.5 Å². The lowest BCUT2D eigenvalue weighted by Crippen LogP contribution is -2.29. The number of hydrogen-bond donors (Lipinski definition) is 1. The van der Waals surface area contributed by atoms with Crippen LogP contribution in [0.3, 0.4) is 0 Å². The van der Waals surface area contributed by atoms with Crippen molar-refractivity contribution in [2.45, 2.75) is 39.7 Å². The number of ether oxygens (including phenoxy) is 3. The number of benzene rings is 2. The molecular formula is C26H30FN3O6. The fraction of sp³-hybridized carbons (Fsp3) is 0.346. The van der Waals surface area contributed by atoms with Gasteiger partial charge in [0.2, 0.25) is 5.82 Å². The highest BCUT2D eigenvalue weighted by molar-refractivity contribution is 5.75. The molecule has 10 heteroatoms. The van der Waals surface area contributed by atoms with E-state index >= 15 is 0 Å². The fourth-order valence-corrected chi connectivity index (χ4v) is 3.13. The number of hydrogen-bond acceptors (Lipinski definition) is 9. The zero-order valence-electron chi connectivity index (χ0n) is 20.5. The maximum Gasteiger partial charge on any atom is 0.335 e. The van der Waals surface area contributed by atoms with Crippen molar-refractivity contribution < 1.29 is 32.8 Å². The zero-order chi connectivity index (χ0) is 25.8. The molecule has 0 bridgehead atoms. The van der Waals surface area contributed by atoms with Crippen LogP contribution in [0.15, 0.2) is 59.3 Å². The largest absolute Gasteiger partial charge is 0.464 e. The first kappa shape index (κ1) is 26.8. The minimum Gasteiger partial charge on any atom is -0.464 e. The van der Waals surface area contributed by atoms with Gasteiger partial charge in [-0.25, -0.2) is 9.18 Å². The van der Waals surface area contributed by atoms with Gasteiger partial charge in [0.15, 0.2) is 11.8 Å². The Balaban J connectivity index is 1.77. The van der Waals surface area contributed by atoms with Crippen LogP contribution in [0.4, 0.5) is 4.39 Å². The minimum atomic E-state index is -0.705. The maximum atomic E-state index is 13.2. The van der Waals surface area contributed by atoms with Crippen molar-refractivity contribution in [3.8, 4) is 17.1 Å². The summed E-state index contributed by atoms with van der Waals surface area (Å²) in [6.45, 7) is 6.66. The van der Waals surface area contributed by atoms with Crippen LogP contribution in [-0.4, -0.2) is 42.0 Å². The highest BCUT2D eigenvalue weighted by atomic mass is 19.1. The first-order valence-electron chi connectivity index (χ1n) is 11.8. The summed E-state index contributed by atoms with van der Waals surface area (Å²) in [4.78, 5) is 22.0. The lowest BCUT2D eigenvalue weighted by atomic mass is 10.1. The van der Waals surface area contributed by atoms with E-state index < -0.39 is 12.1 Å². The first-order valence-corrected chi connectivity index (χ1v) is 11.8. The summed E-state index contributed by atoms with van der Waals surface area (Å²) in [5.74, 6) is 0.165. The second-order valence-corrected chi connectivity index (χ2v) is 7.58. The molecule has 0 saturated heterocycles. The molecule has 2 aromatic carbocycles. The second-order valence-electron chi connectivity index (χ2n) is 7.58. The highest BCUT2D eigenvalue weighted by Crippen LogP contribution is 2.21. The summed E-state index contributed by atoms with van der Waals surface area (Å²) < 4.78 is 35.1. The van der Waals surface area contributed by atoms with E-state index in [4.69, 9.17) is 23.6 Å². The lowest BCUT2D eigenvalue weighted by Gasteiger charge is -2.16. The molecule has 1 aromatic heterocycles. The Bertz CT molecular complexity index is 1130. The van der Waals surface area contributed by atoms with Crippen LogP contribution < -0.4 is 10.2 Å². The Morgan fingerprint density at radius 1 is 1.14 bits per heavy atom. The van der Waals surface area contributed by atoms with Crippen molar-refractivity contribution in [3.05, 3.63) is 72.1 Å². The molecule has 192 valence electrons. The molecule has 9 nitrogen and oxygen atoms in total.